The van der Waals surface area contributed by atoms with Gasteiger partial charge < -0.3 is 11.1 Å². The van der Waals surface area contributed by atoms with Crippen LogP contribution in [0.1, 0.15) is 51.6 Å². The topological polar surface area (TPSA) is 55.1 Å². The minimum Gasteiger partial charge on any atom is -0.349 e. The Balaban J connectivity index is 2.42. The largest absolute Gasteiger partial charge is 0.349 e. The molecule has 3 unspecified atom stereocenters. The van der Waals surface area contributed by atoms with Gasteiger partial charge in [0.2, 0.25) is 5.91 Å². The van der Waals surface area contributed by atoms with Crippen LogP contribution in [0.15, 0.2) is 24.3 Å². The Hall–Kier alpha value is -1.42. The van der Waals surface area contributed by atoms with Crippen LogP contribution in [0.25, 0.3) is 0 Å². The normalized spacial score (nSPS) is 15.4. The van der Waals surface area contributed by atoms with Gasteiger partial charge in [0.05, 0.1) is 6.04 Å². The van der Waals surface area contributed by atoms with Gasteiger partial charge in [0.25, 0.3) is 0 Å². The van der Waals surface area contributed by atoms with E-state index in [4.69, 9.17) is 5.73 Å². The van der Waals surface area contributed by atoms with Crippen LogP contribution in [-0.2, 0) is 4.79 Å². The first-order valence-corrected chi connectivity index (χ1v) is 7.21. The Morgan fingerprint density at radius 3 is 2.35 bits per heavy atom. The van der Waals surface area contributed by atoms with E-state index in [9.17, 15) is 9.18 Å². The molecule has 0 saturated carbocycles. The minimum absolute atomic E-state index is 0.0309. The summed E-state index contributed by atoms with van der Waals surface area (Å²) in [7, 11) is 0. The molecule has 0 heterocycles. The Kier molecular flexibility index (Phi) is 6.65. The highest BCUT2D eigenvalue weighted by molar-refractivity contribution is 5.78. The van der Waals surface area contributed by atoms with Crippen molar-refractivity contribution in [1.82, 2.24) is 5.32 Å². The second kappa shape index (κ2) is 8.00. The number of amides is 1. The van der Waals surface area contributed by atoms with Crippen LogP contribution in [0.3, 0.4) is 0 Å². The number of nitrogens with one attached hydrogen (secondary N) is 1. The molecular formula is C16H25FN2O. The zero-order chi connectivity index (χ0) is 15.1. The second-order valence-corrected chi connectivity index (χ2v) is 5.59. The fraction of sp³-hybridized carbons (Fsp3) is 0.562. The number of carbonyl (C=O) groups excluding carboxylic acids is 1. The lowest BCUT2D eigenvalue weighted by Crippen LogP contribution is -2.31. The summed E-state index contributed by atoms with van der Waals surface area (Å²) in [5.41, 5.74) is 6.60. The number of benzene rings is 1. The molecular weight excluding hydrogens is 255 g/mol. The molecule has 3 N–H and O–H groups in total. The number of carbonyl (C=O) groups is 1. The van der Waals surface area contributed by atoms with Gasteiger partial charge in [-0.3, -0.25) is 4.79 Å². The molecule has 0 saturated heterocycles. The van der Waals surface area contributed by atoms with Crippen molar-refractivity contribution in [2.24, 2.45) is 11.7 Å². The summed E-state index contributed by atoms with van der Waals surface area (Å²) in [6.45, 7) is 5.80. The van der Waals surface area contributed by atoms with Crippen molar-refractivity contribution in [3.05, 3.63) is 35.6 Å². The van der Waals surface area contributed by atoms with Gasteiger partial charge >= 0.3 is 0 Å². The fourth-order valence-electron chi connectivity index (χ4n) is 2.07. The lowest BCUT2D eigenvalue weighted by molar-refractivity contribution is -0.125. The predicted octanol–water partition coefficient (Wildman–Crippen LogP) is 3.16. The van der Waals surface area contributed by atoms with Crippen LogP contribution in [0, 0.1) is 11.7 Å². The molecule has 0 fully saturated rings. The molecule has 1 aromatic rings. The Labute approximate surface area is 120 Å². The molecule has 112 valence electrons. The van der Waals surface area contributed by atoms with Gasteiger partial charge in [0.15, 0.2) is 0 Å². The number of halogens is 1. The summed E-state index contributed by atoms with van der Waals surface area (Å²) in [4.78, 5) is 12.1. The molecule has 0 aliphatic rings. The Morgan fingerprint density at radius 1 is 1.20 bits per heavy atom. The molecule has 0 aliphatic carbocycles. The fourth-order valence-corrected chi connectivity index (χ4v) is 2.07. The summed E-state index contributed by atoms with van der Waals surface area (Å²) in [6.07, 6.45) is 2.73. The van der Waals surface area contributed by atoms with Crippen LogP contribution >= 0.6 is 0 Å². The average molecular weight is 280 g/mol. The van der Waals surface area contributed by atoms with E-state index in [2.05, 4.69) is 5.32 Å². The zero-order valence-electron chi connectivity index (χ0n) is 12.5. The maximum atomic E-state index is 12.8. The number of hydrogen-bond donors (Lipinski definition) is 2. The van der Waals surface area contributed by atoms with Gasteiger partial charge in [0, 0.05) is 12.0 Å². The summed E-state index contributed by atoms with van der Waals surface area (Å²) in [6, 6.07) is 6.28. The Bertz CT molecular complexity index is 417. The molecule has 4 heteroatoms. The first-order chi connectivity index (χ1) is 9.40. The molecule has 20 heavy (non-hydrogen) atoms. The van der Waals surface area contributed by atoms with E-state index in [-0.39, 0.29) is 29.7 Å². The first-order valence-electron chi connectivity index (χ1n) is 7.21. The van der Waals surface area contributed by atoms with Gasteiger partial charge in [-0.1, -0.05) is 25.5 Å². The van der Waals surface area contributed by atoms with E-state index in [1.54, 1.807) is 12.1 Å². The van der Waals surface area contributed by atoms with E-state index in [0.29, 0.717) is 0 Å². The van der Waals surface area contributed by atoms with Gasteiger partial charge in [-0.2, -0.15) is 0 Å². The van der Waals surface area contributed by atoms with Gasteiger partial charge in [-0.15, -0.1) is 0 Å². The van der Waals surface area contributed by atoms with Crippen molar-refractivity contribution in [2.45, 2.75) is 52.1 Å². The summed E-state index contributed by atoms with van der Waals surface area (Å²) in [5.74, 6) is -0.264. The predicted molar refractivity (Wildman–Crippen MR) is 79.6 cm³/mol. The number of nitrogens with two attached hydrogens (primary N) is 1. The van der Waals surface area contributed by atoms with Crippen molar-refractivity contribution < 1.29 is 9.18 Å². The molecule has 0 radical (unpaired) electrons. The van der Waals surface area contributed by atoms with Crippen LogP contribution in [0.2, 0.25) is 0 Å². The number of rotatable bonds is 7. The highest BCUT2D eigenvalue weighted by Crippen LogP contribution is 2.15. The summed E-state index contributed by atoms with van der Waals surface area (Å²) >= 11 is 0. The second-order valence-electron chi connectivity index (χ2n) is 5.59. The minimum atomic E-state index is -0.267. The van der Waals surface area contributed by atoms with Crippen molar-refractivity contribution in [3.63, 3.8) is 0 Å². The molecule has 0 spiro atoms. The van der Waals surface area contributed by atoms with Crippen LogP contribution < -0.4 is 11.1 Å². The van der Waals surface area contributed by atoms with Crippen molar-refractivity contribution >= 4 is 5.91 Å². The molecule has 0 aliphatic heterocycles. The average Bonchev–Trinajstić information content (AvgIpc) is 2.38. The van der Waals surface area contributed by atoms with E-state index >= 15 is 0 Å². The SMILES string of the molecule is CC(N)CCCC(C)C(=O)NC(C)c1ccc(F)cc1. The third-order valence-corrected chi connectivity index (χ3v) is 3.47. The molecule has 0 aromatic heterocycles. The van der Waals surface area contributed by atoms with Crippen molar-refractivity contribution in [2.75, 3.05) is 0 Å². The zero-order valence-corrected chi connectivity index (χ0v) is 12.5. The standard InChI is InChI=1S/C16H25FN2O/c1-11(5-4-6-12(2)18)16(20)19-13(3)14-7-9-15(17)10-8-14/h7-13H,4-6,18H2,1-3H3,(H,19,20). The van der Waals surface area contributed by atoms with Gasteiger partial charge in [-0.25, -0.2) is 4.39 Å². The first kappa shape index (κ1) is 16.6. The van der Waals surface area contributed by atoms with Crippen molar-refractivity contribution in [3.8, 4) is 0 Å². The summed E-state index contributed by atoms with van der Waals surface area (Å²) < 4.78 is 12.8. The lowest BCUT2D eigenvalue weighted by atomic mass is 10.0. The van der Waals surface area contributed by atoms with Crippen molar-refractivity contribution in [1.29, 1.82) is 0 Å². The Morgan fingerprint density at radius 2 is 1.80 bits per heavy atom. The molecule has 3 nitrogen and oxygen atoms in total. The molecule has 1 amide bonds. The maximum absolute atomic E-state index is 12.8. The van der Waals surface area contributed by atoms with Crippen LogP contribution in [0.5, 0.6) is 0 Å². The molecule has 1 rings (SSSR count). The van der Waals surface area contributed by atoms with Crippen LogP contribution in [-0.4, -0.2) is 11.9 Å². The third-order valence-electron chi connectivity index (χ3n) is 3.47. The third kappa shape index (κ3) is 5.70. The highest BCUT2D eigenvalue weighted by Gasteiger charge is 2.16. The highest BCUT2D eigenvalue weighted by atomic mass is 19.1. The van der Waals surface area contributed by atoms with Gasteiger partial charge in [-0.05, 0) is 44.4 Å². The monoisotopic (exact) mass is 280 g/mol. The molecule has 1 aromatic carbocycles. The quantitative estimate of drug-likeness (QED) is 0.806. The maximum Gasteiger partial charge on any atom is 0.223 e. The lowest BCUT2D eigenvalue weighted by Gasteiger charge is -2.18. The summed E-state index contributed by atoms with van der Waals surface area (Å²) in [5, 5.41) is 2.96. The van der Waals surface area contributed by atoms with Crippen LogP contribution in [0.4, 0.5) is 4.39 Å². The van der Waals surface area contributed by atoms with E-state index in [1.807, 2.05) is 20.8 Å². The molecule has 0 bridgehead atoms. The van der Waals surface area contributed by atoms with Gasteiger partial charge in [0.1, 0.15) is 5.82 Å². The molecule has 3 atom stereocenters. The smallest absolute Gasteiger partial charge is 0.223 e. The number of hydrogen-bond acceptors (Lipinski definition) is 2. The van der Waals surface area contributed by atoms with E-state index in [0.717, 1.165) is 24.8 Å². The van der Waals surface area contributed by atoms with E-state index in [1.165, 1.54) is 12.1 Å². The van der Waals surface area contributed by atoms with E-state index < -0.39 is 0 Å².